The van der Waals surface area contributed by atoms with Gasteiger partial charge in [0.15, 0.2) is 0 Å². The van der Waals surface area contributed by atoms with Crippen molar-refractivity contribution >= 4 is 0 Å². The molecule has 102 valence electrons. The highest BCUT2D eigenvalue weighted by molar-refractivity contribution is 5.28. The van der Waals surface area contributed by atoms with Gasteiger partial charge < -0.3 is 10.1 Å². The van der Waals surface area contributed by atoms with Crippen molar-refractivity contribution in [2.24, 2.45) is 0 Å². The third-order valence-corrected chi connectivity index (χ3v) is 3.01. The van der Waals surface area contributed by atoms with Gasteiger partial charge in [-0.3, -0.25) is 4.68 Å². The molecule has 0 amide bonds. The quantitative estimate of drug-likeness (QED) is 0.867. The molecule has 2 aromatic rings. The number of hydrogen-bond donors (Lipinski definition) is 1. The molecular formula is C15H21N3O. The van der Waals surface area contributed by atoms with Crippen LogP contribution in [0.25, 0.3) is 0 Å². The van der Waals surface area contributed by atoms with Crippen LogP contribution in [0.2, 0.25) is 0 Å². The van der Waals surface area contributed by atoms with Crippen LogP contribution in [0.3, 0.4) is 0 Å². The molecule has 0 aliphatic heterocycles. The number of ether oxygens (including phenoxy) is 1. The van der Waals surface area contributed by atoms with Crippen LogP contribution in [-0.4, -0.2) is 16.9 Å². The largest absolute Gasteiger partial charge is 0.497 e. The van der Waals surface area contributed by atoms with Gasteiger partial charge in [-0.1, -0.05) is 12.1 Å². The maximum atomic E-state index is 5.22. The van der Waals surface area contributed by atoms with Crippen molar-refractivity contribution in [3.8, 4) is 5.75 Å². The third kappa shape index (κ3) is 3.58. The Morgan fingerprint density at radius 1 is 1.26 bits per heavy atom. The molecule has 1 aromatic heterocycles. The van der Waals surface area contributed by atoms with Gasteiger partial charge in [-0.05, 0) is 37.6 Å². The Hall–Kier alpha value is -1.81. The van der Waals surface area contributed by atoms with Crippen molar-refractivity contribution in [3.05, 3.63) is 47.8 Å². The van der Waals surface area contributed by atoms with Gasteiger partial charge in [0.1, 0.15) is 5.75 Å². The standard InChI is InChI=1S/C15H21N3O/c1-12(2)18-14(7-8-17-18)11-16-10-13-5-4-6-15(9-13)19-3/h4-9,12,16H,10-11H2,1-3H3. The summed E-state index contributed by atoms with van der Waals surface area (Å²) in [4.78, 5) is 0. The number of nitrogens with zero attached hydrogens (tertiary/aromatic N) is 2. The van der Waals surface area contributed by atoms with E-state index in [2.05, 4.69) is 36.4 Å². The first-order chi connectivity index (χ1) is 9.20. The van der Waals surface area contributed by atoms with Crippen LogP contribution in [0.15, 0.2) is 36.5 Å². The topological polar surface area (TPSA) is 39.1 Å². The van der Waals surface area contributed by atoms with Crippen LogP contribution in [0.5, 0.6) is 5.75 Å². The van der Waals surface area contributed by atoms with Gasteiger partial charge in [0.2, 0.25) is 0 Å². The number of rotatable bonds is 6. The molecule has 0 spiro atoms. The Bertz CT molecular complexity index is 520. The summed E-state index contributed by atoms with van der Waals surface area (Å²) in [5, 5.41) is 7.76. The lowest BCUT2D eigenvalue weighted by Gasteiger charge is -2.12. The van der Waals surface area contributed by atoms with Gasteiger partial charge in [0.05, 0.1) is 12.8 Å². The van der Waals surface area contributed by atoms with E-state index >= 15 is 0 Å². The fraction of sp³-hybridized carbons (Fsp3) is 0.400. The summed E-state index contributed by atoms with van der Waals surface area (Å²) in [7, 11) is 1.69. The molecule has 19 heavy (non-hydrogen) atoms. The Labute approximate surface area is 114 Å². The highest BCUT2D eigenvalue weighted by atomic mass is 16.5. The maximum absolute atomic E-state index is 5.22. The van der Waals surface area contributed by atoms with Crippen molar-refractivity contribution in [2.75, 3.05) is 7.11 Å². The van der Waals surface area contributed by atoms with E-state index in [1.54, 1.807) is 7.11 Å². The van der Waals surface area contributed by atoms with E-state index in [1.165, 1.54) is 11.3 Å². The number of aromatic nitrogens is 2. The molecule has 4 nitrogen and oxygen atoms in total. The van der Waals surface area contributed by atoms with Gasteiger partial charge in [-0.15, -0.1) is 0 Å². The minimum atomic E-state index is 0.392. The monoisotopic (exact) mass is 259 g/mol. The smallest absolute Gasteiger partial charge is 0.119 e. The minimum Gasteiger partial charge on any atom is -0.497 e. The summed E-state index contributed by atoms with van der Waals surface area (Å²) in [5.41, 5.74) is 2.42. The fourth-order valence-corrected chi connectivity index (χ4v) is 2.06. The van der Waals surface area contributed by atoms with Crippen molar-refractivity contribution < 1.29 is 4.74 Å². The molecule has 0 unspecified atom stereocenters. The van der Waals surface area contributed by atoms with Crippen LogP contribution >= 0.6 is 0 Å². The number of benzene rings is 1. The molecule has 2 rings (SSSR count). The molecule has 0 aliphatic carbocycles. The van der Waals surface area contributed by atoms with Crippen LogP contribution in [0.1, 0.15) is 31.1 Å². The van der Waals surface area contributed by atoms with E-state index < -0.39 is 0 Å². The van der Waals surface area contributed by atoms with Gasteiger partial charge in [-0.25, -0.2) is 0 Å². The van der Waals surface area contributed by atoms with E-state index in [0.717, 1.165) is 18.8 Å². The third-order valence-electron chi connectivity index (χ3n) is 3.01. The second-order valence-corrected chi connectivity index (χ2v) is 4.82. The van der Waals surface area contributed by atoms with E-state index in [9.17, 15) is 0 Å². The van der Waals surface area contributed by atoms with E-state index in [-0.39, 0.29) is 0 Å². The average Bonchev–Trinajstić information content (AvgIpc) is 2.87. The highest BCUT2D eigenvalue weighted by Gasteiger charge is 2.05. The van der Waals surface area contributed by atoms with Crippen molar-refractivity contribution in [1.29, 1.82) is 0 Å². The predicted molar refractivity (Wildman–Crippen MR) is 76.1 cm³/mol. The summed E-state index contributed by atoms with van der Waals surface area (Å²) in [6, 6.07) is 10.6. The lowest BCUT2D eigenvalue weighted by atomic mass is 10.2. The Morgan fingerprint density at radius 3 is 2.84 bits per heavy atom. The Morgan fingerprint density at radius 2 is 2.11 bits per heavy atom. The maximum Gasteiger partial charge on any atom is 0.119 e. The van der Waals surface area contributed by atoms with Gasteiger partial charge in [0, 0.05) is 25.3 Å². The SMILES string of the molecule is COc1cccc(CNCc2ccnn2C(C)C)c1. The Kier molecular flexibility index (Phi) is 4.58. The average molecular weight is 259 g/mol. The lowest BCUT2D eigenvalue weighted by Crippen LogP contribution is -2.17. The summed E-state index contributed by atoms with van der Waals surface area (Å²) in [6.07, 6.45) is 1.85. The molecular weight excluding hydrogens is 238 g/mol. The second-order valence-electron chi connectivity index (χ2n) is 4.82. The highest BCUT2D eigenvalue weighted by Crippen LogP contribution is 2.12. The zero-order valence-corrected chi connectivity index (χ0v) is 11.8. The van der Waals surface area contributed by atoms with Gasteiger partial charge in [0.25, 0.3) is 0 Å². The summed E-state index contributed by atoms with van der Waals surface area (Å²) < 4.78 is 7.26. The van der Waals surface area contributed by atoms with Crippen molar-refractivity contribution in [1.82, 2.24) is 15.1 Å². The number of methoxy groups -OCH3 is 1. The first-order valence-electron chi connectivity index (χ1n) is 6.56. The summed E-state index contributed by atoms with van der Waals surface area (Å²) in [5.74, 6) is 0.895. The fourth-order valence-electron chi connectivity index (χ4n) is 2.06. The summed E-state index contributed by atoms with van der Waals surface area (Å²) >= 11 is 0. The minimum absolute atomic E-state index is 0.392. The van der Waals surface area contributed by atoms with E-state index in [0.29, 0.717) is 6.04 Å². The lowest BCUT2D eigenvalue weighted by molar-refractivity contribution is 0.414. The molecule has 0 atom stereocenters. The first-order valence-corrected chi connectivity index (χ1v) is 6.56. The first kappa shape index (κ1) is 13.6. The molecule has 1 N–H and O–H groups in total. The molecule has 1 heterocycles. The normalized spacial score (nSPS) is 10.9. The van der Waals surface area contributed by atoms with Gasteiger partial charge in [-0.2, -0.15) is 5.10 Å². The zero-order valence-electron chi connectivity index (χ0n) is 11.8. The molecule has 0 saturated carbocycles. The van der Waals surface area contributed by atoms with Crippen molar-refractivity contribution in [2.45, 2.75) is 33.0 Å². The predicted octanol–water partition coefficient (Wildman–Crippen LogP) is 2.76. The number of hydrogen-bond acceptors (Lipinski definition) is 3. The molecule has 1 aromatic carbocycles. The van der Waals surface area contributed by atoms with E-state index in [1.807, 2.05) is 29.1 Å². The molecule has 0 bridgehead atoms. The molecule has 4 heteroatoms. The second kappa shape index (κ2) is 6.38. The summed E-state index contributed by atoms with van der Waals surface area (Å²) in [6.45, 7) is 5.91. The van der Waals surface area contributed by atoms with Crippen LogP contribution in [-0.2, 0) is 13.1 Å². The van der Waals surface area contributed by atoms with Crippen LogP contribution in [0.4, 0.5) is 0 Å². The van der Waals surface area contributed by atoms with E-state index in [4.69, 9.17) is 4.74 Å². The Balaban J connectivity index is 1.90. The molecule has 0 saturated heterocycles. The van der Waals surface area contributed by atoms with Crippen molar-refractivity contribution in [3.63, 3.8) is 0 Å². The zero-order chi connectivity index (χ0) is 13.7. The number of nitrogens with one attached hydrogen (secondary N) is 1. The molecule has 0 aliphatic rings. The molecule has 0 fully saturated rings. The molecule has 0 radical (unpaired) electrons. The van der Waals surface area contributed by atoms with Crippen LogP contribution in [0, 0.1) is 0 Å². The van der Waals surface area contributed by atoms with Crippen LogP contribution < -0.4 is 10.1 Å². The van der Waals surface area contributed by atoms with Gasteiger partial charge >= 0.3 is 0 Å².